The van der Waals surface area contributed by atoms with Crippen LogP contribution in [0.3, 0.4) is 0 Å². The van der Waals surface area contributed by atoms with Crippen LogP contribution in [-0.4, -0.2) is 24.9 Å². The van der Waals surface area contributed by atoms with E-state index in [2.05, 4.69) is 5.32 Å². The van der Waals surface area contributed by atoms with Crippen molar-refractivity contribution in [2.45, 2.75) is 30.6 Å². The van der Waals surface area contributed by atoms with Gasteiger partial charge in [0.25, 0.3) is 5.92 Å². The van der Waals surface area contributed by atoms with Crippen LogP contribution in [0.4, 0.5) is 8.78 Å². The summed E-state index contributed by atoms with van der Waals surface area (Å²) in [6.07, 6.45) is 2.35. The first-order chi connectivity index (χ1) is 9.00. The Morgan fingerprint density at radius 1 is 1.32 bits per heavy atom. The highest BCUT2D eigenvalue weighted by molar-refractivity contribution is 5.89. The molecule has 0 spiro atoms. The second kappa shape index (κ2) is 5.25. The summed E-state index contributed by atoms with van der Waals surface area (Å²) in [6, 6.07) is 9.34. The maximum absolute atomic E-state index is 13.1. The highest BCUT2D eigenvalue weighted by Crippen LogP contribution is 2.43. The first kappa shape index (κ1) is 13.9. The van der Waals surface area contributed by atoms with Crippen molar-refractivity contribution in [2.24, 2.45) is 5.73 Å². The van der Waals surface area contributed by atoms with E-state index in [1.165, 1.54) is 0 Å². The summed E-state index contributed by atoms with van der Waals surface area (Å²) in [7, 11) is 0. The Hall–Kier alpha value is -1.49. The van der Waals surface area contributed by atoms with Crippen molar-refractivity contribution in [3.63, 3.8) is 0 Å². The molecule has 0 radical (unpaired) electrons. The summed E-state index contributed by atoms with van der Waals surface area (Å²) in [5.41, 5.74) is 5.22. The molecule has 1 aromatic carbocycles. The van der Waals surface area contributed by atoms with Gasteiger partial charge in [-0.3, -0.25) is 4.79 Å². The lowest BCUT2D eigenvalue weighted by molar-refractivity contribution is -0.131. The van der Waals surface area contributed by atoms with Crippen LogP contribution in [-0.2, 0) is 10.2 Å². The van der Waals surface area contributed by atoms with Gasteiger partial charge in [0, 0.05) is 0 Å². The van der Waals surface area contributed by atoms with Crippen LogP contribution >= 0.6 is 0 Å². The molecule has 1 saturated carbocycles. The Morgan fingerprint density at radius 3 is 2.42 bits per heavy atom. The molecule has 1 fully saturated rings. The lowest BCUT2D eigenvalue weighted by Gasteiger charge is -2.41. The smallest absolute Gasteiger partial charge is 0.277 e. The molecule has 0 atom stereocenters. The number of nitrogens with two attached hydrogens (primary N) is 1. The fourth-order valence-electron chi connectivity index (χ4n) is 2.39. The zero-order chi connectivity index (χ0) is 13.9. The second-order valence-corrected chi connectivity index (χ2v) is 5.04. The van der Waals surface area contributed by atoms with E-state index in [9.17, 15) is 13.6 Å². The molecule has 0 saturated heterocycles. The largest absolute Gasteiger partial charge is 0.349 e. The SMILES string of the molecule is NCC(F)(F)CNC(=O)C1(c2ccccc2)CCC1. The third kappa shape index (κ3) is 2.76. The summed E-state index contributed by atoms with van der Waals surface area (Å²) in [4.78, 5) is 12.2. The van der Waals surface area contributed by atoms with Crippen molar-refractivity contribution >= 4 is 5.91 Å². The molecule has 5 heteroatoms. The maximum Gasteiger partial charge on any atom is 0.277 e. The molecule has 3 nitrogen and oxygen atoms in total. The molecule has 1 aliphatic rings. The third-order valence-electron chi connectivity index (χ3n) is 3.77. The molecule has 0 aliphatic heterocycles. The molecule has 1 aliphatic carbocycles. The number of benzene rings is 1. The molecule has 0 heterocycles. The van der Waals surface area contributed by atoms with Crippen LogP contribution in [0.25, 0.3) is 0 Å². The minimum Gasteiger partial charge on any atom is -0.349 e. The van der Waals surface area contributed by atoms with Gasteiger partial charge < -0.3 is 11.1 Å². The van der Waals surface area contributed by atoms with Gasteiger partial charge in [-0.2, -0.15) is 0 Å². The van der Waals surface area contributed by atoms with Crippen LogP contribution in [0.1, 0.15) is 24.8 Å². The van der Waals surface area contributed by atoms with E-state index in [4.69, 9.17) is 5.73 Å². The van der Waals surface area contributed by atoms with Crippen LogP contribution in [0.5, 0.6) is 0 Å². The van der Waals surface area contributed by atoms with Gasteiger partial charge >= 0.3 is 0 Å². The quantitative estimate of drug-likeness (QED) is 0.856. The summed E-state index contributed by atoms with van der Waals surface area (Å²) < 4.78 is 26.2. The van der Waals surface area contributed by atoms with Gasteiger partial charge in [0.1, 0.15) is 0 Å². The minimum absolute atomic E-state index is 0.321. The van der Waals surface area contributed by atoms with Crippen LogP contribution in [0.15, 0.2) is 30.3 Å². The normalized spacial score (nSPS) is 17.6. The van der Waals surface area contributed by atoms with E-state index in [1.807, 2.05) is 30.3 Å². The van der Waals surface area contributed by atoms with E-state index in [1.54, 1.807) is 0 Å². The molecule has 1 amide bonds. The Morgan fingerprint density at radius 2 is 1.95 bits per heavy atom. The topological polar surface area (TPSA) is 55.1 Å². The van der Waals surface area contributed by atoms with Gasteiger partial charge in [0.05, 0.1) is 18.5 Å². The molecular weight excluding hydrogens is 250 g/mol. The number of nitrogens with one attached hydrogen (secondary N) is 1. The molecule has 0 bridgehead atoms. The number of hydrogen-bond donors (Lipinski definition) is 2. The lowest BCUT2D eigenvalue weighted by Crippen LogP contribution is -2.52. The number of hydrogen-bond acceptors (Lipinski definition) is 2. The van der Waals surface area contributed by atoms with E-state index in [-0.39, 0.29) is 5.91 Å². The predicted octanol–water partition coefficient (Wildman–Crippen LogP) is 1.82. The number of amides is 1. The Balaban J connectivity index is 2.08. The number of carbonyl (C=O) groups excluding carboxylic acids is 1. The van der Waals surface area contributed by atoms with Crippen LogP contribution < -0.4 is 11.1 Å². The molecule has 1 aromatic rings. The van der Waals surface area contributed by atoms with Crippen LogP contribution in [0, 0.1) is 0 Å². The predicted molar refractivity (Wildman–Crippen MR) is 69.0 cm³/mol. The molecular formula is C14H18F2N2O. The van der Waals surface area contributed by atoms with Crippen molar-refractivity contribution in [1.82, 2.24) is 5.32 Å². The van der Waals surface area contributed by atoms with E-state index in [0.29, 0.717) is 12.8 Å². The van der Waals surface area contributed by atoms with Crippen molar-refractivity contribution in [2.75, 3.05) is 13.1 Å². The molecule has 2 rings (SSSR count). The molecule has 3 N–H and O–H groups in total. The average molecular weight is 268 g/mol. The van der Waals surface area contributed by atoms with Crippen LogP contribution in [0.2, 0.25) is 0 Å². The van der Waals surface area contributed by atoms with Gasteiger partial charge in [-0.1, -0.05) is 36.8 Å². The van der Waals surface area contributed by atoms with E-state index < -0.39 is 24.4 Å². The highest BCUT2D eigenvalue weighted by atomic mass is 19.3. The van der Waals surface area contributed by atoms with Gasteiger partial charge in [0.2, 0.25) is 5.91 Å². The summed E-state index contributed by atoms with van der Waals surface area (Å²) in [5.74, 6) is -3.37. The monoisotopic (exact) mass is 268 g/mol. The first-order valence-electron chi connectivity index (χ1n) is 6.42. The van der Waals surface area contributed by atoms with E-state index in [0.717, 1.165) is 12.0 Å². The number of alkyl halides is 2. The Labute approximate surface area is 111 Å². The number of halogens is 2. The van der Waals surface area contributed by atoms with Crippen molar-refractivity contribution in [1.29, 1.82) is 0 Å². The fraction of sp³-hybridized carbons (Fsp3) is 0.500. The zero-order valence-corrected chi connectivity index (χ0v) is 10.7. The standard InChI is InChI=1S/C14H18F2N2O/c15-14(16,9-17)10-18-12(19)13(7-4-8-13)11-5-2-1-3-6-11/h1-3,5-6H,4,7-10,17H2,(H,18,19). The molecule has 19 heavy (non-hydrogen) atoms. The van der Waals surface area contributed by atoms with Crippen molar-refractivity contribution in [3.8, 4) is 0 Å². The van der Waals surface area contributed by atoms with Gasteiger partial charge in [-0.05, 0) is 18.4 Å². The number of carbonyl (C=O) groups is 1. The summed E-state index contributed by atoms with van der Waals surface area (Å²) >= 11 is 0. The third-order valence-corrected chi connectivity index (χ3v) is 3.77. The number of rotatable bonds is 5. The summed E-state index contributed by atoms with van der Waals surface area (Å²) in [5, 5.41) is 2.35. The minimum atomic E-state index is -3.04. The van der Waals surface area contributed by atoms with Crippen molar-refractivity contribution in [3.05, 3.63) is 35.9 Å². The fourth-order valence-corrected chi connectivity index (χ4v) is 2.39. The highest BCUT2D eigenvalue weighted by Gasteiger charge is 2.46. The molecule has 104 valence electrons. The Bertz CT molecular complexity index is 444. The van der Waals surface area contributed by atoms with E-state index >= 15 is 0 Å². The Kier molecular flexibility index (Phi) is 3.85. The first-order valence-corrected chi connectivity index (χ1v) is 6.42. The second-order valence-electron chi connectivity index (χ2n) is 5.04. The maximum atomic E-state index is 13.1. The van der Waals surface area contributed by atoms with Gasteiger partial charge in [-0.15, -0.1) is 0 Å². The summed E-state index contributed by atoms with van der Waals surface area (Å²) in [6.45, 7) is -1.46. The van der Waals surface area contributed by atoms with Crippen molar-refractivity contribution < 1.29 is 13.6 Å². The molecule has 0 unspecified atom stereocenters. The average Bonchev–Trinajstić information content (AvgIpc) is 2.37. The lowest BCUT2D eigenvalue weighted by atomic mass is 9.64. The van der Waals surface area contributed by atoms with Gasteiger partial charge in [-0.25, -0.2) is 8.78 Å². The van der Waals surface area contributed by atoms with Gasteiger partial charge in [0.15, 0.2) is 0 Å². The molecule has 0 aromatic heterocycles. The zero-order valence-electron chi connectivity index (χ0n) is 10.7.